The molecule has 2 fully saturated rings. The molecule has 4 unspecified atom stereocenters. The first-order valence-corrected chi connectivity index (χ1v) is 38.5. The van der Waals surface area contributed by atoms with E-state index < -0.39 is 60.5 Å². The minimum atomic E-state index is -1.83. The zero-order chi connectivity index (χ0) is 58.5. The van der Waals surface area contributed by atoms with E-state index in [1.807, 2.05) is 123 Å². The molecule has 11 nitrogen and oxygen atoms in total. The van der Waals surface area contributed by atoms with E-state index in [1.54, 1.807) is 0 Å². The van der Waals surface area contributed by atoms with E-state index in [9.17, 15) is 19.8 Å². The van der Waals surface area contributed by atoms with Gasteiger partial charge >= 0.3 is 11.9 Å². The molecule has 0 amide bonds. The molecule has 2 aromatic carbocycles. The summed E-state index contributed by atoms with van der Waals surface area (Å²) >= 11 is 0. The number of hydrogen-bond acceptors (Lipinski definition) is 11. The van der Waals surface area contributed by atoms with Crippen LogP contribution in [0.25, 0.3) is 12.2 Å². The summed E-state index contributed by atoms with van der Waals surface area (Å²) < 4.78 is 42.1. The van der Waals surface area contributed by atoms with Crippen LogP contribution in [0.15, 0.2) is 48.6 Å². The molecule has 0 aliphatic carbocycles. The number of ether oxygens (including phenoxy) is 6. The van der Waals surface area contributed by atoms with Crippen molar-refractivity contribution >= 4 is 48.6 Å². The highest BCUT2D eigenvalue weighted by Crippen LogP contribution is 2.38. The van der Waals surface area contributed by atoms with E-state index in [1.165, 1.54) is 0 Å². The Morgan fingerprint density at radius 2 is 1.10 bits per heavy atom. The standard InChI is InChI=1S/C34H58O6Si2.C29H44O5Si/c1-24(23-38-42(12,13)33(4,5)6)17-18-28(35)31-29(39-34(7,8)40-31)16-14-15-27-22-25(2)21-26(3)30(27)32(36)37-19-20-41(9,10)11;1-10-20(2)14-15-24(30)27-25(33-29(5,6)34-27)13-11-12-23-19-21(3)18-22(4)26(23)28(31)32-16-17-35(7,8)9/h14-15,17-18,21-22,24,28-29,31,35H,16,19-20,23H2,1-13H3;11-12,18-20,24-25,27,30H,10,13,16-17H2,1-9H3/b15-14+,18-17-;12-11+/t24-,28?,29+,31?;20-,24?,25-,27?/m10/s1. The molecule has 77 heavy (non-hydrogen) atoms. The molecule has 2 aliphatic heterocycles. The second kappa shape index (κ2) is 28.8. The van der Waals surface area contributed by atoms with Crippen LogP contribution in [0.1, 0.15) is 143 Å². The van der Waals surface area contributed by atoms with Gasteiger partial charge < -0.3 is 43.1 Å². The van der Waals surface area contributed by atoms with Crippen molar-refractivity contribution in [3.8, 4) is 11.8 Å². The van der Waals surface area contributed by atoms with E-state index in [-0.39, 0.29) is 41.0 Å². The lowest BCUT2D eigenvalue weighted by Gasteiger charge is -2.36. The molecule has 0 spiro atoms. The monoisotopic (exact) mass is 1120 g/mol. The maximum atomic E-state index is 13.1. The number of carbonyl (C=O) groups is 2. The predicted molar refractivity (Wildman–Crippen MR) is 324 cm³/mol. The minimum Gasteiger partial charge on any atom is -0.462 e. The van der Waals surface area contributed by atoms with Gasteiger partial charge in [0.2, 0.25) is 0 Å². The van der Waals surface area contributed by atoms with Gasteiger partial charge in [0.1, 0.15) is 24.4 Å². The molecule has 8 atom stereocenters. The zero-order valence-electron chi connectivity index (χ0n) is 51.6. The molecule has 0 radical (unpaired) electrons. The van der Waals surface area contributed by atoms with E-state index in [4.69, 9.17) is 32.8 Å². The Bertz CT molecular complexity index is 2410. The number of aryl methyl sites for hydroxylation is 4. The summed E-state index contributed by atoms with van der Waals surface area (Å²) in [6, 6.07) is 9.90. The average molecular weight is 1120 g/mol. The van der Waals surface area contributed by atoms with Crippen LogP contribution in [-0.4, -0.2) is 115 Å². The normalized spacial score (nSPS) is 21.4. The van der Waals surface area contributed by atoms with Gasteiger partial charge in [0.25, 0.3) is 0 Å². The van der Waals surface area contributed by atoms with Crippen molar-refractivity contribution in [1.82, 2.24) is 0 Å². The van der Waals surface area contributed by atoms with E-state index in [2.05, 4.69) is 98.8 Å². The Balaban J connectivity index is 0.000000412. The van der Waals surface area contributed by atoms with Gasteiger partial charge in [-0.15, -0.1) is 0 Å². The first kappa shape index (κ1) is 67.8. The highest BCUT2D eigenvalue weighted by molar-refractivity contribution is 6.76. The van der Waals surface area contributed by atoms with E-state index in [0.717, 1.165) is 51.9 Å². The average Bonchev–Trinajstić information content (AvgIpc) is 3.77. The van der Waals surface area contributed by atoms with Gasteiger partial charge in [-0.05, 0) is 133 Å². The van der Waals surface area contributed by atoms with Gasteiger partial charge in [0, 0.05) is 28.7 Å². The van der Waals surface area contributed by atoms with Crippen LogP contribution in [0.5, 0.6) is 0 Å². The third kappa shape index (κ3) is 22.9. The fourth-order valence-corrected chi connectivity index (χ4v) is 11.1. The van der Waals surface area contributed by atoms with Crippen molar-refractivity contribution in [3.05, 3.63) is 93.1 Å². The lowest BCUT2D eigenvalue weighted by Crippen LogP contribution is -2.41. The van der Waals surface area contributed by atoms with Crippen molar-refractivity contribution in [1.29, 1.82) is 0 Å². The highest BCUT2D eigenvalue weighted by atomic mass is 28.4. The van der Waals surface area contributed by atoms with E-state index >= 15 is 0 Å². The summed E-state index contributed by atoms with van der Waals surface area (Å²) in [5.41, 5.74) is 6.82. The lowest BCUT2D eigenvalue weighted by molar-refractivity contribution is -0.152. The van der Waals surface area contributed by atoms with Crippen molar-refractivity contribution in [3.63, 3.8) is 0 Å². The number of esters is 2. The third-order valence-electron chi connectivity index (χ3n) is 14.3. The quantitative estimate of drug-likeness (QED) is 0.0504. The fraction of sp³-hybridized carbons (Fsp3) is 0.651. The summed E-state index contributed by atoms with van der Waals surface area (Å²) in [5, 5.41) is 21.9. The predicted octanol–water partition coefficient (Wildman–Crippen LogP) is 14.4. The largest absolute Gasteiger partial charge is 0.462 e. The molecular weight excluding hydrogens is 1020 g/mol. The summed E-state index contributed by atoms with van der Waals surface area (Å²) in [5.74, 6) is 4.24. The highest BCUT2D eigenvalue weighted by Gasteiger charge is 2.45. The number of rotatable bonds is 22. The van der Waals surface area contributed by atoms with Gasteiger partial charge in [-0.2, -0.15) is 0 Å². The van der Waals surface area contributed by atoms with Crippen LogP contribution in [-0.2, 0) is 32.8 Å². The van der Waals surface area contributed by atoms with Crippen LogP contribution in [0.3, 0.4) is 0 Å². The van der Waals surface area contributed by atoms with Crippen LogP contribution in [0, 0.1) is 51.4 Å². The SMILES string of the molecule is CC[C@H](C)C#CC(O)C1OC(C)(C)O[C@H]1C/C=C/c1cc(C)cc(C)c1C(=O)OCC[Si](C)(C)C.Cc1cc(C)c(C(=O)OCC[Si](C)(C)C)c(/C=C/C[C@@H]2OC(C)(C)OC2C(O)/C=C\[C@@H](C)CO[Si](C)(C)C(C)(C)C)c1. The van der Waals surface area contributed by atoms with E-state index in [0.29, 0.717) is 43.8 Å². The molecule has 0 aromatic heterocycles. The molecule has 432 valence electrons. The Kier molecular flexibility index (Phi) is 25.4. The Morgan fingerprint density at radius 1 is 0.675 bits per heavy atom. The second-order valence-electron chi connectivity index (χ2n) is 26.5. The molecule has 2 saturated heterocycles. The topological polar surface area (TPSA) is 139 Å². The molecule has 0 bridgehead atoms. The van der Waals surface area contributed by atoms with Crippen LogP contribution in [0.2, 0.25) is 69.5 Å². The number of aliphatic hydroxyl groups excluding tert-OH is 2. The van der Waals surface area contributed by atoms with Gasteiger partial charge in [0.15, 0.2) is 19.9 Å². The second-order valence-corrected chi connectivity index (χ2v) is 42.6. The first-order valence-electron chi connectivity index (χ1n) is 28.1. The maximum Gasteiger partial charge on any atom is 0.338 e. The summed E-state index contributed by atoms with van der Waals surface area (Å²) in [6.45, 7) is 47.9. The first-order chi connectivity index (χ1) is 35.3. The summed E-state index contributed by atoms with van der Waals surface area (Å²) in [4.78, 5) is 26.0. The van der Waals surface area contributed by atoms with Gasteiger partial charge in [-0.25, -0.2) is 9.59 Å². The fourth-order valence-electron chi connectivity index (χ4n) is 8.61. The van der Waals surface area contributed by atoms with Crippen LogP contribution < -0.4 is 0 Å². The Labute approximate surface area is 469 Å². The van der Waals surface area contributed by atoms with Crippen LogP contribution in [0.4, 0.5) is 0 Å². The van der Waals surface area contributed by atoms with Gasteiger partial charge in [-0.1, -0.05) is 165 Å². The van der Waals surface area contributed by atoms with Crippen molar-refractivity contribution in [2.75, 3.05) is 19.8 Å². The van der Waals surface area contributed by atoms with Gasteiger partial charge in [-0.3, -0.25) is 0 Å². The summed E-state index contributed by atoms with van der Waals surface area (Å²) in [7, 11) is -4.42. The molecule has 4 rings (SSSR count). The number of aliphatic hydroxyl groups is 2. The molecule has 2 N–H and O–H groups in total. The van der Waals surface area contributed by atoms with Gasteiger partial charge in [0.05, 0.1) is 36.5 Å². The molecule has 2 aromatic rings. The smallest absolute Gasteiger partial charge is 0.338 e. The molecular formula is C63H102O11Si3. The third-order valence-corrected chi connectivity index (χ3v) is 22.2. The minimum absolute atomic E-state index is 0.156. The van der Waals surface area contributed by atoms with Crippen molar-refractivity contribution < 1.29 is 52.6 Å². The molecule has 0 saturated carbocycles. The van der Waals surface area contributed by atoms with Crippen LogP contribution >= 0.6 is 0 Å². The molecule has 2 heterocycles. The zero-order valence-corrected chi connectivity index (χ0v) is 54.6. The lowest BCUT2D eigenvalue weighted by atomic mass is 9.97. The number of hydrogen-bond donors (Lipinski definition) is 2. The maximum absolute atomic E-state index is 13.1. The van der Waals surface area contributed by atoms with Crippen molar-refractivity contribution in [2.24, 2.45) is 11.8 Å². The van der Waals surface area contributed by atoms with Crippen molar-refractivity contribution in [2.45, 2.75) is 234 Å². The number of benzene rings is 2. The molecule has 14 heteroatoms. The molecule has 2 aliphatic rings. The Morgan fingerprint density at radius 3 is 1.52 bits per heavy atom. The Hall–Kier alpha value is -3.47. The summed E-state index contributed by atoms with van der Waals surface area (Å²) in [6.07, 6.45) is 10.2. The number of carbonyl (C=O) groups excluding carboxylic acids is 2.